The highest BCUT2D eigenvalue weighted by molar-refractivity contribution is 7.90. The highest BCUT2D eigenvalue weighted by atomic mass is 32.2. The van der Waals surface area contributed by atoms with Gasteiger partial charge in [0.25, 0.3) is 10.0 Å². The van der Waals surface area contributed by atoms with E-state index < -0.39 is 15.8 Å². The van der Waals surface area contributed by atoms with Gasteiger partial charge >= 0.3 is 0 Å². The van der Waals surface area contributed by atoms with Gasteiger partial charge < -0.3 is 0 Å². The molecule has 0 unspecified atom stereocenters. The molecule has 0 saturated carbocycles. The number of pyridine rings is 3. The lowest BCUT2D eigenvalue weighted by atomic mass is 10.1. The molecule has 0 saturated heterocycles. The van der Waals surface area contributed by atoms with Crippen molar-refractivity contribution in [3.05, 3.63) is 84.7 Å². The van der Waals surface area contributed by atoms with Crippen LogP contribution in [-0.2, 0) is 10.0 Å². The lowest BCUT2D eigenvalue weighted by Gasteiger charge is -2.09. The quantitative estimate of drug-likeness (QED) is 0.371. The first kappa shape index (κ1) is 21.6. The molecule has 0 fully saturated rings. The third-order valence-corrected chi connectivity index (χ3v) is 6.65. The summed E-state index contributed by atoms with van der Waals surface area (Å²) in [4.78, 5) is 12.7. The van der Waals surface area contributed by atoms with Crippen LogP contribution in [0.15, 0.2) is 78.2 Å². The SMILES string of the molecule is CC.Cc1ccc(S(=O)(=O)n2c3cnc(-c4cccnc4)cc3c3cc(F)cnc32)cc1. The molecule has 0 radical (unpaired) electrons. The fraction of sp³-hybridized carbons (Fsp3) is 0.125. The lowest BCUT2D eigenvalue weighted by Crippen LogP contribution is -2.13. The number of hydrogen-bond acceptors (Lipinski definition) is 5. The van der Waals surface area contributed by atoms with Crippen LogP contribution in [0.25, 0.3) is 33.2 Å². The summed E-state index contributed by atoms with van der Waals surface area (Å²) >= 11 is 0. The van der Waals surface area contributed by atoms with Crippen molar-refractivity contribution in [2.45, 2.75) is 25.7 Å². The van der Waals surface area contributed by atoms with E-state index in [4.69, 9.17) is 0 Å². The van der Waals surface area contributed by atoms with Crippen molar-refractivity contribution >= 4 is 32.0 Å². The summed E-state index contributed by atoms with van der Waals surface area (Å²) in [6.07, 6.45) is 5.80. The van der Waals surface area contributed by atoms with E-state index in [0.717, 1.165) is 21.3 Å². The zero-order chi connectivity index (χ0) is 22.9. The van der Waals surface area contributed by atoms with Crippen LogP contribution in [0.1, 0.15) is 19.4 Å². The molecular formula is C24H21FN4O2S. The molecule has 0 spiro atoms. The Kier molecular flexibility index (Phi) is 5.71. The lowest BCUT2D eigenvalue weighted by molar-refractivity contribution is 0.589. The van der Waals surface area contributed by atoms with Crippen LogP contribution < -0.4 is 0 Å². The van der Waals surface area contributed by atoms with Crippen molar-refractivity contribution in [1.29, 1.82) is 0 Å². The molecule has 0 aliphatic heterocycles. The van der Waals surface area contributed by atoms with Crippen molar-refractivity contribution in [3.8, 4) is 11.3 Å². The van der Waals surface area contributed by atoms with Crippen LogP contribution in [-0.4, -0.2) is 27.3 Å². The van der Waals surface area contributed by atoms with E-state index in [1.54, 1.807) is 48.8 Å². The summed E-state index contributed by atoms with van der Waals surface area (Å²) in [6, 6.07) is 13.2. The van der Waals surface area contributed by atoms with E-state index in [0.29, 0.717) is 22.0 Å². The van der Waals surface area contributed by atoms with Gasteiger partial charge in [-0.05, 0) is 43.3 Å². The van der Waals surface area contributed by atoms with Crippen molar-refractivity contribution < 1.29 is 12.8 Å². The normalized spacial score (nSPS) is 11.4. The fourth-order valence-corrected chi connectivity index (χ4v) is 4.93. The third kappa shape index (κ3) is 3.62. The number of aryl methyl sites for hydroxylation is 1. The number of rotatable bonds is 3. The summed E-state index contributed by atoms with van der Waals surface area (Å²) in [7, 11) is -3.98. The van der Waals surface area contributed by atoms with Crippen molar-refractivity contribution in [2.24, 2.45) is 0 Å². The number of benzene rings is 1. The van der Waals surface area contributed by atoms with Crippen molar-refractivity contribution in [3.63, 3.8) is 0 Å². The second kappa shape index (κ2) is 8.47. The van der Waals surface area contributed by atoms with Crippen LogP contribution in [0.5, 0.6) is 0 Å². The number of halogens is 1. The Morgan fingerprint density at radius 2 is 1.66 bits per heavy atom. The molecule has 0 aliphatic carbocycles. The highest BCUT2D eigenvalue weighted by Gasteiger charge is 2.25. The van der Waals surface area contributed by atoms with Crippen LogP contribution in [0.3, 0.4) is 0 Å². The van der Waals surface area contributed by atoms with Gasteiger partial charge in [0.2, 0.25) is 0 Å². The molecule has 32 heavy (non-hydrogen) atoms. The van der Waals surface area contributed by atoms with Gasteiger partial charge in [0.15, 0.2) is 5.65 Å². The molecule has 4 heterocycles. The third-order valence-electron chi connectivity index (χ3n) is 4.93. The maximum atomic E-state index is 14.0. The molecule has 0 aliphatic rings. The Balaban J connectivity index is 0.00000119. The molecule has 5 rings (SSSR count). The molecular weight excluding hydrogens is 427 g/mol. The summed E-state index contributed by atoms with van der Waals surface area (Å²) in [5.74, 6) is -0.547. The average molecular weight is 449 g/mol. The van der Waals surface area contributed by atoms with Gasteiger partial charge in [-0.3, -0.25) is 9.97 Å². The van der Waals surface area contributed by atoms with Crippen LogP contribution >= 0.6 is 0 Å². The molecule has 8 heteroatoms. The number of nitrogens with zero attached hydrogens (tertiary/aromatic N) is 4. The maximum Gasteiger partial charge on any atom is 0.269 e. The van der Waals surface area contributed by atoms with E-state index in [1.165, 1.54) is 12.3 Å². The fourth-order valence-electron chi connectivity index (χ4n) is 3.46. The minimum absolute atomic E-state index is 0.120. The number of fused-ring (bicyclic) bond motifs is 3. The Morgan fingerprint density at radius 3 is 2.34 bits per heavy atom. The highest BCUT2D eigenvalue weighted by Crippen LogP contribution is 2.33. The Labute approximate surface area is 185 Å². The molecule has 1 aromatic carbocycles. The van der Waals surface area contributed by atoms with E-state index in [1.807, 2.05) is 26.8 Å². The molecule has 162 valence electrons. The average Bonchev–Trinajstić information content (AvgIpc) is 3.15. The smallest absolute Gasteiger partial charge is 0.264 e. The van der Waals surface area contributed by atoms with Crippen molar-refractivity contribution in [1.82, 2.24) is 18.9 Å². The molecule has 4 aromatic heterocycles. The summed E-state index contributed by atoms with van der Waals surface area (Å²) in [5, 5.41) is 0.940. The molecule has 6 nitrogen and oxygen atoms in total. The van der Waals surface area contributed by atoms with Gasteiger partial charge in [-0.2, -0.15) is 0 Å². The molecule has 0 amide bonds. The number of aromatic nitrogens is 4. The van der Waals surface area contributed by atoms with Gasteiger partial charge in [-0.1, -0.05) is 31.5 Å². The van der Waals surface area contributed by atoms with Gasteiger partial charge in [0, 0.05) is 28.7 Å². The Bertz CT molecular complexity index is 1510. The first-order chi connectivity index (χ1) is 15.4. The summed E-state index contributed by atoms with van der Waals surface area (Å²) < 4.78 is 42.1. The predicted molar refractivity (Wildman–Crippen MR) is 123 cm³/mol. The largest absolute Gasteiger partial charge is 0.269 e. The van der Waals surface area contributed by atoms with Gasteiger partial charge in [-0.25, -0.2) is 21.8 Å². The monoisotopic (exact) mass is 448 g/mol. The first-order valence-electron chi connectivity index (χ1n) is 10.1. The standard InChI is InChI=1S/C22H15FN4O2S.C2H6/c1-14-4-6-17(7-5-14)30(28,29)27-21-13-25-20(15-3-2-8-24-11-15)10-18(21)19-9-16(23)12-26-22(19)27;1-2/h2-13H,1H3;1-2H3. The molecule has 0 atom stereocenters. The minimum atomic E-state index is -3.98. The van der Waals surface area contributed by atoms with Gasteiger partial charge in [0.1, 0.15) is 5.82 Å². The zero-order valence-corrected chi connectivity index (χ0v) is 18.6. The van der Waals surface area contributed by atoms with Crippen LogP contribution in [0, 0.1) is 12.7 Å². The van der Waals surface area contributed by atoms with E-state index in [9.17, 15) is 12.8 Å². The van der Waals surface area contributed by atoms with E-state index in [-0.39, 0.29) is 10.5 Å². The second-order valence-corrected chi connectivity index (χ2v) is 8.72. The van der Waals surface area contributed by atoms with E-state index in [2.05, 4.69) is 15.0 Å². The molecule has 0 N–H and O–H groups in total. The Morgan fingerprint density at radius 1 is 0.906 bits per heavy atom. The minimum Gasteiger partial charge on any atom is -0.264 e. The molecule has 5 aromatic rings. The zero-order valence-electron chi connectivity index (χ0n) is 17.8. The molecule has 0 bridgehead atoms. The second-order valence-electron chi connectivity index (χ2n) is 6.94. The van der Waals surface area contributed by atoms with Gasteiger partial charge in [-0.15, -0.1) is 0 Å². The summed E-state index contributed by atoms with van der Waals surface area (Å²) in [6.45, 7) is 5.88. The van der Waals surface area contributed by atoms with Crippen LogP contribution in [0.2, 0.25) is 0 Å². The van der Waals surface area contributed by atoms with E-state index >= 15 is 0 Å². The first-order valence-corrected chi connectivity index (χ1v) is 11.6. The maximum absolute atomic E-state index is 14.0. The Hall–Kier alpha value is -3.65. The topological polar surface area (TPSA) is 77.7 Å². The van der Waals surface area contributed by atoms with Gasteiger partial charge in [0.05, 0.1) is 28.5 Å². The van der Waals surface area contributed by atoms with Crippen molar-refractivity contribution in [2.75, 3.05) is 0 Å². The number of hydrogen-bond donors (Lipinski definition) is 0. The summed E-state index contributed by atoms with van der Waals surface area (Å²) in [5.41, 5.74) is 2.80. The van der Waals surface area contributed by atoms with Crippen LogP contribution in [0.4, 0.5) is 4.39 Å². The predicted octanol–water partition coefficient (Wildman–Crippen LogP) is 5.36.